The quantitative estimate of drug-likeness (QED) is 0.399. The number of rotatable bonds is 11. The van der Waals surface area contributed by atoms with Gasteiger partial charge in [0.1, 0.15) is 5.82 Å². The number of hydrogen-bond donors (Lipinski definition) is 2. The van der Waals surface area contributed by atoms with Crippen molar-refractivity contribution in [2.45, 2.75) is 11.8 Å². The lowest BCUT2D eigenvalue weighted by atomic mass is 10.3. The molecule has 0 aliphatic heterocycles. The Morgan fingerprint density at radius 2 is 1.81 bits per heavy atom. The lowest BCUT2D eigenvalue weighted by Crippen LogP contribution is -2.27. The van der Waals surface area contributed by atoms with Crippen LogP contribution in [0.2, 0.25) is 0 Å². The van der Waals surface area contributed by atoms with E-state index in [9.17, 15) is 8.42 Å². The first-order valence-electron chi connectivity index (χ1n) is 9.66. The second-order valence-electron chi connectivity index (χ2n) is 6.67. The van der Waals surface area contributed by atoms with Crippen LogP contribution in [0.5, 0.6) is 0 Å². The molecule has 0 spiro atoms. The lowest BCUT2D eigenvalue weighted by Gasteiger charge is -2.10. The number of nitrogens with zero attached hydrogens (tertiary/aromatic N) is 4. The van der Waals surface area contributed by atoms with Crippen LogP contribution in [0.3, 0.4) is 0 Å². The molecule has 10 nitrogen and oxygen atoms in total. The van der Waals surface area contributed by atoms with Gasteiger partial charge in [-0.15, -0.1) is 12.4 Å². The van der Waals surface area contributed by atoms with Gasteiger partial charge in [-0.05, 0) is 37.3 Å². The number of nitrogens with one attached hydrogen (secondary N) is 2. The number of imidazole rings is 1. The van der Waals surface area contributed by atoms with Crippen LogP contribution < -0.4 is 10.0 Å². The number of anilines is 2. The minimum absolute atomic E-state index is 0. The molecule has 1 aromatic carbocycles. The Balaban J connectivity index is 0.00000363. The van der Waals surface area contributed by atoms with Crippen LogP contribution in [-0.4, -0.2) is 61.4 Å². The first kappa shape index (κ1) is 25.7. The molecule has 2 N–H and O–H groups in total. The zero-order chi connectivity index (χ0) is 22.3. The highest BCUT2D eigenvalue weighted by atomic mass is 35.5. The maximum Gasteiger partial charge on any atom is 0.240 e. The summed E-state index contributed by atoms with van der Waals surface area (Å²) in [6, 6.07) is 8.17. The molecule has 0 fully saturated rings. The molecule has 2 heterocycles. The summed E-state index contributed by atoms with van der Waals surface area (Å²) in [5.41, 5.74) is 2.28. The van der Waals surface area contributed by atoms with Gasteiger partial charge in [0.2, 0.25) is 16.0 Å². The standard InChI is InChI=1S/C20H26N6O4S.ClH/c1-15-22-14-19(26(15)2)18-8-9-21-20(25-18)24-16-4-6-17(7-5-16)31(27,28)23-10-11-30-13-12-29-3;/h4-9,14,23H,10-13H2,1-3H3,(H,21,24,25);1H. The van der Waals surface area contributed by atoms with Crippen LogP contribution in [0.25, 0.3) is 11.4 Å². The number of hydrogen-bond acceptors (Lipinski definition) is 8. The predicted molar refractivity (Wildman–Crippen MR) is 124 cm³/mol. The molecule has 32 heavy (non-hydrogen) atoms. The van der Waals surface area contributed by atoms with Gasteiger partial charge in [0.05, 0.1) is 42.3 Å². The molecule has 3 aromatic rings. The molecule has 0 aliphatic carbocycles. The number of ether oxygens (including phenoxy) is 2. The second kappa shape index (κ2) is 11.9. The van der Waals surface area contributed by atoms with Gasteiger partial charge in [-0.25, -0.2) is 28.1 Å². The van der Waals surface area contributed by atoms with Crippen molar-refractivity contribution in [3.05, 3.63) is 48.5 Å². The molecule has 0 radical (unpaired) electrons. The zero-order valence-electron chi connectivity index (χ0n) is 18.1. The molecule has 0 unspecified atom stereocenters. The number of sulfonamides is 1. The number of aryl methyl sites for hydroxylation is 1. The topological polar surface area (TPSA) is 120 Å². The Kier molecular flexibility index (Phi) is 9.54. The summed E-state index contributed by atoms with van der Waals surface area (Å²) in [6.07, 6.45) is 3.42. The fraction of sp³-hybridized carbons (Fsp3) is 0.350. The van der Waals surface area contributed by atoms with E-state index in [0.29, 0.717) is 24.8 Å². The Morgan fingerprint density at radius 3 is 2.47 bits per heavy atom. The van der Waals surface area contributed by atoms with Gasteiger partial charge in [-0.1, -0.05) is 0 Å². The van der Waals surface area contributed by atoms with E-state index in [2.05, 4.69) is 25.0 Å². The number of halogens is 1. The van der Waals surface area contributed by atoms with Crippen molar-refractivity contribution in [1.29, 1.82) is 0 Å². The SMILES string of the molecule is COCCOCCNS(=O)(=O)c1ccc(Nc2nccc(-c3cnc(C)n3C)n2)cc1.Cl. The maximum absolute atomic E-state index is 12.4. The second-order valence-corrected chi connectivity index (χ2v) is 8.43. The van der Waals surface area contributed by atoms with E-state index in [0.717, 1.165) is 17.2 Å². The van der Waals surface area contributed by atoms with Crippen LogP contribution in [0.4, 0.5) is 11.6 Å². The first-order valence-corrected chi connectivity index (χ1v) is 11.1. The molecule has 3 rings (SSSR count). The average Bonchev–Trinajstić information content (AvgIpc) is 3.10. The highest BCUT2D eigenvalue weighted by Gasteiger charge is 2.13. The third-order valence-electron chi connectivity index (χ3n) is 4.53. The minimum Gasteiger partial charge on any atom is -0.382 e. The average molecular weight is 483 g/mol. The molecule has 0 atom stereocenters. The molecular formula is C20H27ClN6O4S. The Bertz CT molecular complexity index is 1110. The minimum atomic E-state index is -3.62. The maximum atomic E-state index is 12.4. The fourth-order valence-electron chi connectivity index (χ4n) is 2.72. The van der Waals surface area contributed by atoms with Gasteiger partial charge >= 0.3 is 0 Å². The van der Waals surface area contributed by atoms with Crippen LogP contribution in [0.15, 0.2) is 47.6 Å². The summed E-state index contributed by atoms with van der Waals surface area (Å²) in [6.45, 7) is 3.26. The zero-order valence-corrected chi connectivity index (χ0v) is 19.7. The fourth-order valence-corrected chi connectivity index (χ4v) is 3.74. The highest BCUT2D eigenvalue weighted by Crippen LogP contribution is 2.21. The van der Waals surface area contributed by atoms with E-state index in [1.54, 1.807) is 31.6 Å². The summed E-state index contributed by atoms with van der Waals surface area (Å²) in [4.78, 5) is 13.2. The van der Waals surface area contributed by atoms with E-state index in [1.807, 2.05) is 24.6 Å². The molecule has 0 aliphatic rings. The summed E-state index contributed by atoms with van der Waals surface area (Å²) >= 11 is 0. The third kappa shape index (κ3) is 6.71. The molecule has 0 bridgehead atoms. The van der Waals surface area contributed by atoms with Gasteiger partial charge in [-0.2, -0.15) is 0 Å². The van der Waals surface area contributed by atoms with Crippen molar-refractivity contribution in [2.24, 2.45) is 7.05 Å². The van der Waals surface area contributed by atoms with Gasteiger partial charge in [-0.3, -0.25) is 0 Å². The van der Waals surface area contributed by atoms with E-state index >= 15 is 0 Å². The van der Waals surface area contributed by atoms with Gasteiger partial charge in [0.15, 0.2) is 0 Å². The highest BCUT2D eigenvalue weighted by molar-refractivity contribution is 7.89. The lowest BCUT2D eigenvalue weighted by molar-refractivity contribution is 0.0736. The van der Waals surface area contributed by atoms with Crippen molar-refractivity contribution in [3.8, 4) is 11.4 Å². The van der Waals surface area contributed by atoms with Crippen molar-refractivity contribution >= 4 is 34.1 Å². The van der Waals surface area contributed by atoms with Gasteiger partial charge in [0, 0.05) is 32.6 Å². The van der Waals surface area contributed by atoms with Crippen molar-refractivity contribution in [3.63, 3.8) is 0 Å². The van der Waals surface area contributed by atoms with Gasteiger partial charge in [0.25, 0.3) is 0 Å². The Labute approximate surface area is 193 Å². The molecule has 12 heteroatoms. The molecule has 174 valence electrons. The van der Waals surface area contributed by atoms with Crippen LogP contribution >= 0.6 is 12.4 Å². The van der Waals surface area contributed by atoms with Crippen LogP contribution in [-0.2, 0) is 26.5 Å². The molecule has 2 aromatic heterocycles. The van der Waals surface area contributed by atoms with E-state index in [4.69, 9.17) is 9.47 Å². The van der Waals surface area contributed by atoms with Crippen molar-refractivity contribution in [1.82, 2.24) is 24.2 Å². The van der Waals surface area contributed by atoms with Crippen LogP contribution in [0, 0.1) is 6.92 Å². The molecule has 0 saturated heterocycles. The van der Waals surface area contributed by atoms with Crippen molar-refractivity contribution in [2.75, 3.05) is 38.8 Å². The van der Waals surface area contributed by atoms with E-state index in [1.165, 1.54) is 12.1 Å². The summed E-state index contributed by atoms with van der Waals surface area (Å²) < 4.78 is 39.3. The summed E-state index contributed by atoms with van der Waals surface area (Å²) in [5.74, 6) is 1.29. The normalized spacial score (nSPS) is 11.2. The monoisotopic (exact) mass is 482 g/mol. The molecule has 0 amide bonds. The summed E-state index contributed by atoms with van der Waals surface area (Å²) in [5, 5.41) is 3.09. The molecular weight excluding hydrogens is 456 g/mol. The van der Waals surface area contributed by atoms with E-state index in [-0.39, 0.29) is 30.5 Å². The third-order valence-corrected chi connectivity index (χ3v) is 6.01. The smallest absolute Gasteiger partial charge is 0.240 e. The number of aromatic nitrogens is 4. The van der Waals surface area contributed by atoms with E-state index < -0.39 is 10.0 Å². The van der Waals surface area contributed by atoms with Crippen molar-refractivity contribution < 1.29 is 17.9 Å². The first-order chi connectivity index (χ1) is 14.9. The Morgan fingerprint density at radius 1 is 1.06 bits per heavy atom. The molecule has 0 saturated carbocycles. The Hall–Kier alpha value is -2.57. The van der Waals surface area contributed by atoms with Crippen LogP contribution in [0.1, 0.15) is 5.82 Å². The van der Waals surface area contributed by atoms with Gasteiger partial charge < -0.3 is 19.4 Å². The largest absolute Gasteiger partial charge is 0.382 e. The number of benzene rings is 1. The number of methoxy groups -OCH3 is 1. The predicted octanol–water partition coefficient (Wildman–Crippen LogP) is 2.29. The summed E-state index contributed by atoms with van der Waals surface area (Å²) in [7, 11) is -0.117.